The third kappa shape index (κ3) is 11.3. The molecule has 0 spiro atoms. The molecule has 0 saturated heterocycles. The zero-order chi connectivity index (χ0) is 39.4. The van der Waals surface area contributed by atoms with Gasteiger partial charge in [-0.15, -0.1) is 0 Å². The van der Waals surface area contributed by atoms with E-state index in [1.165, 1.54) is 9.60 Å². The number of aromatic nitrogens is 1. The lowest BCUT2D eigenvalue weighted by molar-refractivity contribution is -0.668. The molecule has 3 N–H and O–H groups in total. The number of unbranched alkanes of at least 4 members (excludes halogenated alkanes) is 3. The minimum Gasteiger partial charge on any atom is -0.355 e. The van der Waals surface area contributed by atoms with E-state index >= 15 is 0 Å². The van der Waals surface area contributed by atoms with Crippen LogP contribution in [0, 0.1) is 5.41 Å². The van der Waals surface area contributed by atoms with Gasteiger partial charge in [-0.25, -0.2) is 0 Å². The number of thiazole rings is 1. The zero-order valence-electron chi connectivity index (χ0n) is 32.0. The first-order valence-electron chi connectivity index (χ1n) is 19.2. The highest BCUT2D eigenvalue weighted by Gasteiger charge is 2.48. The smallest absolute Gasteiger partial charge is 0.266 e. The van der Waals surface area contributed by atoms with E-state index in [1.807, 2.05) is 42.5 Å². The molecule has 1 atom stereocenters. The molecule has 10 nitrogen and oxygen atoms in total. The number of carbonyl (C=O) groups is 3. The molecule has 2 heterocycles. The molecule has 0 fully saturated rings. The molecule has 55 heavy (non-hydrogen) atoms. The summed E-state index contributed by atoms with van der Waals surface area (Å²) >= 11 is 3.37. The van der Waals surface area contributed by atoms with E-state index in [-0.39, 0.29) is 25.2 Å². The molecule has 3 aromatic rings. The van der Waals surface area contributed by atoms with Crippen molar-refractivity contribution in [2.24, 2.45) is 5.41 Å². The molecular formula is C42H53N4O6S3+. The molecule has 0 radical (unpaired) electrons. The van der Waals surface area contributed by atoms with Crippen LogP contribution in [-0.4, -0.2) is 56.0 Å². The van der Waals surface area contributed by atoms with Crippen LogP contribution < -0.4 is 20.1 Å². The quantitative estimate of drug-likeness (QED) is 0.0484. The molecule has 2 aromatic carbocycles. The van der Waals surface area contributed by atoms with E-state index < -0.39 is 33.1 Å². The van der Waals surface area contributed by atoms with Gasteiger partial charge in [0.2, 0.25) is 17.3 Å². The van der Waals surface area contributed by atoms with Crippen molar-refractivity contribution in [3.05, 3.63) is 94.0 Å². The van der Waals surface area contributed by atoms with Crippen molar-refractivity contribution in [2.45, 2.75) is 90.0 Å². The Kier molecular flexibility index (Phi) is 15.1. The number of benzene rings is 2. The Labute approximate surface area is 333 Å². The van der Waals surface area contributed by atoms with E-state index in [9.17, 15) is 27.4 Å². The van der Waals surface area contributed by atoms with Crippen LogP contribution in [-0.2, 0) is 31.0 Å². The lowest BCUT2D eigenvalue weighted by Gasteiger charge is -2.35. The second-order valence-electron chi connectivity index (χ2n) is 14.2. The highest BCUT2D eigenvalue weighted by Crippen LogP contribution is 2.46. The average Bonchev–Trinajstić information content (AvgIpc) is 3.70. The first-order valence-corrected chi connectivity index (χ1v) is 22.4. The van der Waals surface area contributed by atoms with E-state index in [4.69, 9.17) is 0 Å². The standard InChI is InChI=1S/C42H52N4O6S3/c1-4-6-26-46-35-16-10-12-18-37(35)54-39(46)22-20-33-28-32(19-21-38-45(25-5-2)34-15-9-11-17-36(34)53-38)29-42(30-33,41(49)44-24-27-55(50,51)52)40(48)43-23-13-7-8-14-31(3)47/h9-12,15-22,28H,4-8,13-14,23-27,29-30H2,1-3H3,(H2-,43,44,48,49,50,51,52)/p+1. The largest absolute Gasteiger partial charge is 0.355 e. The molecule has 0 bridgehead atoms. The predicted molar refractivity (Wildman–Crippen MR) is 223 cm³/mol. The van der Waals surface area contributed by atoms with Gasteiger partial charge in [0, 0.05) is 49.5 Å². The van der Waals surface area contributed by atoms with Crippen LogP contribution >= 0.6 is 23.1 Å². The highest BCUT2D eigenvalue weighted by molar-refractivity contribution is 8.03. The van der Waals surface area contributed by atoms with Crippen molar-refractivity contribution in [1.82, 2.24) is 10.6 Å². The highest BCUT2D eigenvalue weighted by atomic mass is 32.2. The Hall–Kier alpha value is -4.04. The number of thioether (sulfide) groups is 1. The van der Waals surface area contributed by atoms with Crippen molar-refractivity contribution < 1.29 is 31.9 Å². The number of rotatable bonds is 19. The summed E-state index contributed by atoms with van der Waals surface area (Å²) in [5.74, 6) is -1.59. The Morgan fingerprint density at radius 2 is 1.65 bits per heavy atom. The summed E-state index contributed by atoms with van der Waals surface area (Å²) < 4.78 is 36.0. The maximum Gasteiger partial charge on any atom is 0.266 e. The second-order valence-corrected chi connectivity index (χ2v) is 17.9. The summed E-state index contributed by atoms with van der Waals surface area (Å²) in [5, 5.41) is 7.78. The van der Waals surface area contributed by atoms with Crippen LogP contribution in [0.5, 0.6) is 0 Å². The van der Waals surface area contributed by atoms with Gasteiger partial charge in [-0.2, -0.15) is 13.0 Å². The van der Waals surface area contributed by atoms with E-state index in [0.717, 1.165) is 77.6 Å². The van der Waals surface area contributed by atoms with Crippen LogP contribution in [0.25, 0.3) is 16.3 Å². The number of fused-ring (bicyclic) bond motifs is 2. The number of carbonyl (C=O) groups excluding carboxylic acids is 3. The minimum atomic E-state index is -4.34. The number of hydrogen-bond acceptors (Lipinski definition) is 8. The minimum absolute atomic E-state index is 0.0901. The molecule has 1 aliphatic heterocycles. The fourth-order valence-electron chi connectivity index (χ4n) is 6.96. The average molecular weight is 806 g/mol. The van der Waals surface area contributed by atoms with Crippen LogP contribution in [0.15, 0.2) is 93.9 Å². The monoisotopic (exact) mass is 805 g/mol. The molecule has 0 saturated carbocycles. The number of Topliss-reactive ketones (excluding diaryl/α,β-unsaturated/α-hetero) is 1. The summed E-state index contributed by atoms with van der Waals surface area (Å²) in [6.45, 7) is 7.57. The van der Waals surface area contributed by atoms with Gasteiger partial charge in [-0.1, -0.05) is 92.3 Å². The molecule has 2 amide bonds. The lowest BCUT2D eigenvalue weighted by Crippen LogP contribution is -2.53. The molecule has 1 aromatic heterocycles. The zero-order valence-corrected chi connectivity index (χ0v) is 34.5. The summed E-state index contributed by atoms with van der Waals surface area (Å²) in [4.78, 5) is 43.5. The first kappa shape index (κ1) is 42.1. The number of allylic oxidation sites excluding steroid dienone is 6. The molecule has 13 heteroatoms. The van der Waals surface area contributed by atoms with Gasteiger partial charge in [0.1, 0.15) is 22.4 Å². The van der Waals surface area contributed by atoms with Crippen molar-refractivity contribution in [1.29, 1.82) is 0 Å². The van der Waals surface area contributed by atoms with Crippen LogP contribution in [0.4, 0.5) is 5.69 Å². The van der Waals surface area contributed by atoms with Crippen molar-refractivity contribution >= 4 is 72.8 Å². The van der Waals surface area contributed by atoms with Crippen molar-refractivity contribution in [2.75, 3.05) is 30.3 Å². The number of nitrogens with zero attached hydrogens (tertiary/aromatic N) is 2. The fraction of sp³-hybridized carbons (Fsp3) is 0.429. The predicted octanol–water partition coefficient (Wildman–Crippen LogP) is 7.77. The van der Waals surface area contributed by atoms with E-state index in [1.54, 1.807) is 30.0 Å². The molecule has 1 unspecified atom stereocenters. The number of aryl methyl sites for hydroxylation is 1. The third-order valence-electron chi connectivity index (χ3n) is 9.72. The number of hydrogen-bond donors (Lipinski definition) is 3. The molecular weight excluding hydrogens is 753 g/mol. The fourth-order valence-corrected chi connectivity index (χ4v) is 9.50. The summed E-state index contributed by atoms with van der Waals surface area (Å²) in [6, 6.07) is 16.6. The lowest BCUT2D eigenvalue weighted by atomic mass is 9.70. The van der Waals surface area contributed by atoms with Crippen LogP contribution in [0.1, 0.15) is 83.6 Å². The van der Waals surface area contributed by atoms with E-state index in [2.05, 4.69) is 70.4 Å². The number of para-hydroxylation sites is 2. The summed E-state index contributed by atoms with van der Waals surface area (Å²) in [7, 11) is -4.34. The Bertz CT molecular complexity index is 2100. The number of amides is 2. The van der Waals surface area contributed by atoms with Crippen molar-refractivity contribution in [3.8, 4) is 0 Å². The number of ketones is 1. The maximum absolute atomic E-state index is 14.4. The summed E-state index contributed by atoms with van der Waals surface area (Å²) in [6.07, 6.45) is 15.9. The molecule has 294 valence electrons. The van der Waals surface area contributed by atoms with Gasteiger partial charge in [-0.3, -0.25) is 14.1 Å². The normalized spacial score (nSPS) is 18.6. The van der Waals surface area contributed by atoms with Gasteiger partial charge in [0.05, 0.1) is 16.5 Å². The molecule has 5 rings (SSSR count). The second kappa shape index (κ2) is 19.7. The third-order valence-corrected chi connectivity index (χ3v) is 12.7. The Morgan fingerprint density at radius 3 is 2.40 bits per heavy atom. The molecule has 2 aliphatic rings. The Morgan fingerprint density at radius 1 is 0.909 bits per heavy atom. The van der Waals surface area contributed by atoms with Crippen molar-refractivity contribution in [3.63, 3.8) is 0 Å². The van der Waals surface area contributed by atoms with Gasteiger partial charge < -0.3 is 20.3 Å². The van der Waals surface area contributed by atoms with Gasteiger partial charge >= 0.3 is 0 Å². The Balaban J connectivity index is 1.54. The van der Waals surface area contributed by atoms with Crippen LogP contribution in [0.2, 0.25) is 0 Å². The molecule has 1 aliphatic carbocycles. The van der Waals surface area contributed by atoms with Gasteiger partial charge in [0.15, 0.2) is 0 Å². The first-order chi connectivity index (χ1) is 26.4. The van der Waals surface area contributed by atoms with Crippen LogP contribution in [0.3, 0.4) is 0 Å². The SMILES string of the molecule is CCCCN1C(=CC=C2C=C(C=Cc3sc4ccccc4[n+]3CCC)CC(C(=O)NCCCCCC(C)=O)(C(=O)NCCS(=O)(=O)O)C2)Sc2ccccc21. The maximum atomic E-state index is 14.4. The summed E-state index contributed by atoms with van der Waals surface area (Å²) in [5.41, 5.74) is 2.28. The topological polar surface area (TPSA) is 137 Å². The van der Waals surface area contributed by atoms with E-state index in [0.29, 0.717) is 19.4 Å². The van der Waals surface area contributed by atoms with Gasteiger partial charge in [-0.05, 0) is 74.4 Å². The number of anilines is 1. The number of nitrogens with one attached hydrogen (secondary N) is 2. The van der Waals surface area contributed by atoms with Gasteiger partial charge in [0.25, 0.3) is 15.1 Å².